The van der Waals surface area contributed by atoms with Gasteiger partial charge in [-0.05, 0) is 59.8 Å². The van der Waals surface area contributed by atoms with Gasteiger partial charge in [0.25, 0.3) is 0 Å². The van der Waals surface area contributed by atoms with E-state index in [4.69, 9.17) is 0 Å². The van der Waals surface area contributed by atoms with Crippen LogP contribution in [0.15, 0.2) is 97.3 Å². The molecule has 0 aliphatic carbocycles. The number of hydrogen-bond acceptors (Lipinski definition) is 33. The van der Waals surface area contributed by atoms with Crippen molar-refractivity contribution in [2.24, 2.45) is 0 Å². The Bertz CT molecular complexity index is 3360. The second-order valence-corrected chi connectivity index (χ2v) is 20.3. The van der Waals surface area contributed by atoms with Crippen LogP contribution in [-0.2, 0) is 49.1 Å². The predicted octanol–water partition coefficient (Wildman–Crippen LogP) is -18.2. The van der Waals surface area contributed by atoms with Gasteiger partial charge in [-0.15, -0.1) is 30.3 Å². The normalized spacial score (nSPS) is 11.1. The predicted molar refractivity (Wildman–Crippen MR) is 259 cm³/mol. The van der Waals surface area contributed by atoms with E-state index in [1.54, 1.807) is 0 Å². The average Bonchev–Trinajstić information content (AvgIpc) is 3.36. The smallest absolute Gasteiger partial charge is 0.744 e. The maximum Gasteiger partial charge on any atom is 1.00 e. The van der Waals surface area contributed by atoms with Crippen LogP contribution in [0.1, 0.15) is 11.1 Å². The van der Waals surface area contributed by atoms with Gasteiger partial charge in [0, 0.05) is 36.8 Å². The van der Waals surface area contributed by atoms with Gasteiger partial charge in [-0.2, -0.15) is 44.1 Å². The fraction of sp³-hybridized carbons (Fsp3) is 0.200. The van der Waals surface area contributed by atoms with Crippen molar-refractivity contribution in [2.45, 2.75) is 24.5 Å². The Morgan fingerprint density at radius 3 is 1.49 bits per heavy atom. The van der Waals surface area contributed by atoms with Crippen LogP contribution in [0.3, 0.4) is 0 Å². The fourth-order valence-corrected chi connectivity index (χ4v) is 9.05. The summed E-state index contributed by atoms with van der Waals surface area (Å²) in [6.07, 6.45) is 2.73. The van der Waals surface area contributed by atoms with Gasteiger partial charge in [0.1, 0.15) is 30.4 Å². The molecule has 0 unspecified atom stereocenters. The first-order valence-electron chi connectivity index (χ1n) is 21.0. The molecule has 8 N–H and O–H groups in total. The van der Waals surface area contributed by atoms with Crippen molar-refractivity contribution < 1.29 is 266 Å². The van der Waals surface area contributed by atoms with E-state index in [1.165, 1.54) is 58.4 Å². The Morgan fingerprint density at radius 1 is 0.524 bits per heavy atom. The van der Waals surface area contributed by atoms with Crippen molar-refractivity contribution in [3.05, 3.63) is 90.0 Å². The van der Waals surface area contributed by atoms with E-state index in [-0.39, 0.29) is 272 Å². The van der Waals surface area contributed by atoms with Gasteiger partial charge in [-0.3, -0.25) is 10.1 Å². The van der Waals surface area contributed by atoms with Crippen LogP contribution in [0, 0.1) is 6.07 Å². The van der Waals surface area contributed by atoms with Crippen molar-refractivity contribution >= 4 is 125 Å². The first kappa shape index (κ1) is 81.5. The van der Waals surface area contributed by atoms with Gasteiger partial charge in [0.15, 0.2) is 0 Å². The largest absolute Gasteiger partial charge is 1.00 e. The van der Waals surface area contributed by atoms with Crippen LogP contribution in [0.25, 0.3) is 12.2 Å². The zero-order valence-corrected chi connectivity index (χ0v) is 60.4. The summed E-state index contributed by atoms with van der Waals surface area (Å²) in [5, 5.41) is 77.4. The van der Waals surface area contributed by atoms with Gasteiger partial charge in [-0.1, -0.05) is 12.1 Å². The van der Waals surface area contributed by atoms with Crippen molar-refractivity contribution in [1.82, 2.24) is 29.9 Å². The summed E-state index contributed by atoms with van der Waals surface area (Å²) in [5.41, 5.74) is 0.00534. The molecule has 0 aliphatic rings. The molecule has 0 radical (unpaired) electrons. The third-order valence-corrected chi connectivity index (χ3v) is 13.5. The summed E-state index contributed by atoms with van der Waals surface area (Å²) >= 11 is 0.728. The van der Waals surface area contributed by atoms with Crippen LogP contribution < -0.4 is 219 Å². The third kappa shape index (κ3) is 25.2. The Hall–Kier alpha value is -0.530. The van der Waals surface area contributed by atoms with Crippen molar-refractivity contribution in [3.63, 3.8) is 0 Å². The minimum atomic E-state index is -5.20. The Balaban J connectivity index is 0.0000109. The molecule has 42 heteroatoms. The Labute approximate surface area is 610 Å². The van der Waals surface area contributed by atoms with Crippen LogP contribution in [-0.4, -0.2) is 142 Å². The molecule has 2 aromatic heterocycles. The number of aliphatic hydroxyl groups excluding tert-OH is 4. The second-order valence-electron chi connectivity index (χ2n) is 14.7. The van der Waals surface area contributed by atoms with E-state index >= 15 is 0 Å². The number of hydrogen-bond donors (Lipinski definition) is 8. The van der Waals surface area contributed by atoms with Gasteiger partial charge < -0.3 is 75.7 Å². The fourth-order valence-electron chi connectivity index (χ4n) is 6.42. The number of anilines is 10. The van der Waals surface area contributed by atoms with Gasteiger partial charge in [0.05, 0.1) is 81.5 Å². The monoisotopic (exact) mass is 1290 g/mol. The van der Waals surface area contributed by atoms with E-state index in [2.05, 4.69) is 76.0 Å². The molecule has 6 aromatic rings. The summed E-state index contributed by atoms with van der Waals surface area (Å²) in [6, 6.07) is 17.2. The number of nitrogens with zero attached hydrogens (tertiary/aromatic N) is 8. The number of benzene rings is 4. The maximum atomic E-state index is 12.7. The summed E-state index contributed by atoms with van der Waals surface area (Å²) < 4.78 is 119. The molecular weight excluding hydrogens is 1250 g/mol. The number of nitrogens with one attached hydrogen (secondary N) is 4. The molecule has 0 saturated carbocycles. The standard InChI is InChI=1S/C40H43N12O19S5.6Na/c53-17-13-51(14-18-54)39-47-35(45-38(50-39)44-31-22-28(72-70-68-57)9-12-33(31)75(62,63)64)41-26-6-2-24(3-7-26)1-4-25-5-8-27(21-34(25)76(65,66)67)42-36-46-37(49-40(48-36)52(15-19-55)16-20-56)43-30-23-29(74(59,60)61)10-11-32(30)73-71-69-58;;;;;;/h1-2,4-12,21-23,53-58H,13-20H2,(H,59,60,61)(H,62,63,64)(H,65,66,67)(H2,41,44,45,47,50)(H2,42,43,46,48,49);;;;;;/q-1;6*+1/p-5/b4-1+;;;;;;. The van der Waals surface area contributed by atoms with E-state index in [0.717, 1.165) is 36.4 Å². The van der Waals surface area contributed by atoms with E-state index in [9.17, 15) is 69.9 Å². The minimum absolute atomic E-state index is 0. The van der Waals surface area contributed by atoms with Gasteiger partial charge >= 0.3 is 177 Å². The third-order valence-electron chi connectivity index (χ3n) is 9.63. The average molecular weight is 1290 g/mol. The molecule has 31 nitrogen and oxygen atoms in total. The van der Waals surface area contributed by atoms with Crippen LogP contribution in [0.2, 0.25) is 0 Å². The van der Waals surface area contributed by atoms with Crippen LogP contribution in [0.5, 0.6) is 0 Å². The molecule has 0 aliphatic heterocycles. The topological polar surface area (TPSA) is 468 Å². The molecular formula is C40H38N12Na6O19S5. The summed E-state index contributed by atoms with van der Waals surface area (Å²) in [4.78, 5) is 26.4. The molecule has 408 valence electrons. The molecule has 0 fully saturated rings. The van der Waals surface area contributed by atoms with Crippen molar-refractivity contribution in [2.75, 3.05) is 83.7 Å². The first-order valence-corrected chi connectivity index (χ1v) is 26.8. The van der Waals surface area contributed by atoms with E-state index in [0.29, 0.717) is 35.3 Å². The SMILES string of the molecule is O=S(=O)([O-])c1ccc(SOO[O-])c(Nc2nc(Nc3ccc(/C=C/c4[c-]cc(Nc5nc(Nc6cc(SOO[O-])ccc6S(=O)(=O)[O-])nc(N(CCO)CCO)n5)cc4)c(S(=O)(=O)[O-])c3)nc(N(CCO)CCO)n2)c1.[Na+].[Na+].[Na+].[Na+].[Na+].[Na+]. The molecule has 4 aromatic carbocycles. The zero-order chi connectivity index (χ0) is 55.0. The summed E-state index contributed by atoms with van der Waals surface area (Å²) in [7, 11) is -15.3. The number of rotatable bonds is 29. The molecule has 2 heterocycles. The number of aliphatic hydroxyl groups is 4. The van der Waals surface area contributed by atoms with Gasteiger partial charge in [0.2, 0.25) is 35.7 Å². The molecule has 0 saturated heterocycles. The molecule has 0 bridgehead atoms. The number of aromatic nitrogens is 6. The van der Waals surface area contributed by atoms with Gasteiger partial charge in [-0.25, -0.2) is 25.3 Å². The Kier molecular flexibility index (Phi) is 39.2. The van der Waals surface area contributed by atoms with Crippen LogP contribution in [0.4, 0.5) is 58.4 Å². The molecule has 0 atom stereocenters. The summed E-state index contributed by atoms with van der Waals surface area (Å²) in [6.45, 7) is -2.04. The Morgan fingerprint density at radius 2 is 1.01 bits per heavy atom. The first-order chi connectivity index (χ1) is 36.2. The van der Waals surface area contributed by atoms with Crippen molar-refractivity contribution in [3.8, 4) is 0 Å². The molecule has 0 spiro atoms. The summed E-state index contributed by atoms with van der Waals surface area (Å²) in [5.74, 6) is -1.48. The minimum Gasteiger partial charge on any atom is -0.744 e. The van der Waals surface area contributed by atoms with E-state index in [1.807, 2.05) is 0 Å². The van der Waals surface area contributed by atoms with Crippen molar-refractivity contribution in [1.29, 1.82) is 0 Å². The molecule has 82 heavy (non-hydrogen) atoms. The zero-order valence-electron chi connectivity index (χ0n) is 44.3. The molecule has 0 amide bonds. The van der Waals surface area contributed by atoms with Crippen LogP contribution >= 0.6 is 24.1 Å². The molecule has 6 rings (SSSR count). The quantitative estimate of drug-likeness (QED) is 0.00411. The van der Waals surface area contributed by atoms with E-state index < -0.39 is 71.5 Å². The maximum absolute atomic E-state index is 12.7. The second kappa shape index (κ2) is 39.5.